The summed E-state index contributed by atoms with van der Waals surface area (Å²) in [7, 11) is 0. The Balaban J connectivity index is 1.65. The summed E-state index contributed by atoms with van der Waals surface area (Å²) in [6.45, 7) is 3.08. The summed E-state index contributed by atoms with van der Waals surface area (Å²) in [5.41, 5.74) is 4.24. The summed E-state index contributed by atoms with van der Waals surface area (Å²) < 4.78 is 7.29. The second kappa shape index (κ2) is 6.85. The third kappa shape index (κ3) is 3.04. The Kier molecular flexibility index (Phi) is 4.54. The van der Waals surface area contributed by atoms with Crippen LogP contribution < -0.4 is 5.32 Å². The number of hydrogen-bond acceptors (Lipinski definition) is 4. The van der Waals surface area contributed by atoms with Crippen LogP contribution >= 0.6 is 0 Å². The van der Waals surface area contributed by atoms with Crippen molar-refractivity contribution in [3.8, 4) is 5.69 Å². The van der Waals surface area contributed by atoms with Gasteiger partial charge in [-0.25, -0.2) is 4.68 Å². The highest BCUT2D eigenvalue weighted by Gasteiger charge is 2.36. The van der Waals surface area contributed by atoms with Gasteiger partial charge in [-0.2, -0.15) is 5.10 Å². The molecular formula is C20H25N3O3. The van der Waals surface area contributed by atoms with Crippen molar-refractivity contribution in [2.24, 2.45) is 0 Å². The maximum Gasteiger partial charge on any atom is 0.272 e. The van der Waals surface area contributed by atoms with Gasteiger partial charge in [-0.3, -0.25) is 4.79 Å². The van der Waals surface area contributed by atoms with Crippen LogP contribution in [0.2, 0.25) is 0 Å². The zero-order valence-corrected chi connectivity index (χ0v) is 15.1. The van der Waals surface area contributed by atoms with Crippen LogP contribution in [0.1, 0.15) is 46.6 Å². The van der Waals surface area contributed by atoms with Crippen molar-refractivity contribution >= 4 is 5.91 Å². The van der Waals surface area contributed by atoms with Crippen molar-refractivity contribution < 1.29 is 14.6 Å². The number of carbonyl (C=O) groups is 1. The molecule has 1 amide bonds. The standard InChI is InChI=1S/C20H25N3O3/c1-14-5-7-15(8-6-14)23-17-4-2-3-16(17)18(22-23)19(25)21-20(13-24)9-11-26-12-10-20/h5-8,24H,2-4,9-13H2,1H3,(H,21,25). The molecule has 1 aromatic heterocycles. The number of fused-ring (bicyclic) bond motifs is 1. The number of rotatable bonds is 4. The lowest BCUT2D eigenvalue weighted by atomic mass is 9.90. The molecule has 2 aliphatic rings. The lowest BCUT2D eigenvalue weighted by Gasteiger charge is -2.36. The van der Waals surface area contributed by atoms with Crippen LogP contribution in [0, 0.1) is 6.92 Å². The average Bonchev–Trinajstić information content (AvgIpc) is 3.26. The molecule has 0 unspecified atom stereocenters. The van der Waals surface area contributed by atoms with Crippen molar-refractivity contribution in [2.45, 2.75) is 44.6 Å². The minimum Gasteiger partial charge on any atom is -0.394 e. The van der Waals surface area contributed by atoms with E-state index in [4.69, 9.17) is 4.74 Å². The van der Waals surface area contributed by atoms with Gasteiger partial charge < -0.3 is 15.2 Å². The van der Waals surface area contributed by atoms with E-state index in [2.05, 4.69) is 29.5 Å². The highest BCUT2D eigenvalue weighted by Crippen LogP contribution is 2.29. The summed E-state index contributed by atoms with van der Waals surface area (Å²) in [5.74, 6) is -0.190. The quantitative estimate of drug-likeness (QED) is 0.879. The maximum absolute atomic E-state index is 13.0. The molecule has 6 nitrogen and oxygen atoms in total. The summed E-state index contributed by atoms with van der Waals surface area (Å²) in [4.78, 5) is 13.0. The van der Waals surface area contributed by atoms with E-state index in [0.717, 1.165) is 36.2 Å². The highest BCUT2D eigenvalue weighted by molar-refractivity contribution is 5.94. The number of hydrogen-bond donors (Lipinski definition) is 2. The lowest BCUT2D eigenvalue weighted by Crippen LogP contribution is -2.54. The molecule has 0 atom stereocenters. The number of nitrogens with one attached hydrogen (secondary N) is 1. The fraction of sp³-hybridized carbons (Fsp3) is 0.500. The molecular weight excluding hydrogens is 330 g/mol. The Bertz CT molecular complexity index is 804. The minimum absolute atomic E-state index is 0.0804. The fourth-order valence-corrected chi connectivity index (χ4v) is 3.90. The Morgan fingerprint density at radius 2 is 2.00 bits per heavy atom. The van der Waals surface area contributed by atoms with Gasteiger partial charge in [-0.15, -0.1) is 0 Å². The predicted octanol–water partition coefficient (Wildman–Crippen LogP) is 1.94. The van der Waals surface area contributed by atoms with Crippen LogP contribution in [-0.2, 0) is 17.6 Å². The number of aryl methyl sites for hydroxylation is 1. The van der Waals surface area contributed by atoms with Gasteiger partial charge >= 0.3 is 0 Å². The van der Waals surface area contributed by atoms with Gasteiger partial charge in [-0.1, -0.05) is 17.7 Å². The number of aromatic nitrogens is 2. The van der Waals surface area contributed by atoms with Gasteiger partial charge in [0.2, 0.25) is 0 Å². The molecule has 6 heteroatoms. The number of ether oxygens (including phenoxy) is 1. The van der Waals surface area contributed by atoms with Gasteiger partial charge in [-0.05, 0) is 51.2 Å². The molecule has 1 aromatic carbocycles. The number of nitrogens with zero attached hydrogens (tertiary/aromatic N) is 2. The van der Waals surface area contributed by atoms with E-state index in [0.29, 0.717) is 31.7 Å². The van der Waals surface area contributed by atoms with Gasteiger partial charge in [0.05, 0.1) is 17.8 Å². The van der Waals surface area contributed by atoms with Crippen LogP contribution in [-0.4, -0.2) is 46.2 Å². The van der Waals surface area contributed by atoms with Crippen LogP contribution in [0.3, 0.4) is 0 Å². The van der Waals surface area contributed by atoms with E-state index >= 15 is 0 Å². The normalized spacial score (nSPS) is 18.5. The fourth-order valence-electron chi connectivity index (χ4n) is 3.90. The number of aliphatic hydroxyl groups is 1. The Morgan fingerprint density at radius 1 is 1.27 bits per heavy atom. The zero-order chi connectivity index (χ0) is 18.1. The van der Waals surface area contributed by atoms with E-state index in [1.165, 1.54) is 5.56 Å². The summed E-state index contributed by atoms with van der Waals surface area (Å²) in [6.07, 6.45) is 4.09. The molecule has 2 N–H and O–H groups in total. The Hall–Kier alpha value is -2.18. The molecule has 0 bridgehead atoms. The SMILES string of the molecule is Cc1ccc(-n2nc(C(=O)NC3(CO)CCOCC3)c3c2CCC3)cc1. The van der Waals surface area contributed by atoms with Crippen LogP contribution in [0.25, 0.3) is 5.69 Å². The van der Waals surface area contributed by atoms with E-state index in [-0.39, 0.29) is 12.5 Å². The maximum atomic E-state index is 13.0. The molecule has 2 aromatic rings. The van der Waals surface area contributed by atoms with Crippen LogP contribution in [0.5, 0.6) is 0 Å². The van der Waals surface area contributed by atoms with E-state index in [9.17, 15) is 9.90 Å². The molecule has 0 spiro atoms. The molecule has 1 aliphatic carbocycles. The van der Waals surface area contributed by atoms with Gasteiger partial charge in [0.15, 0.2) is 5.69 Å². The third-order valence-electron chi connectivity index (χ3n) is 5.56. The first-order valence-electron chi connectivity index (χ1n) is 9.31. The van der Waals surface area contributed by atoms with Gasteiger partial charge in [0, 0.05) is 24.5 Å². The van der Waals surface area contributed by atoms with Crippen molar-refractivity contribution in [1.29, 1.82) is 0 Å². The van der Waals surface area contributed by atoms with E-state index in [1.54, 1.807) is 0 Å². The van der Waals surface area contributed by atoms with Gasteiger partial charge in [0.25, 0.3) is 5.91 Å². The molecule has 26 heavy (non-hydrogen) atoms. The molecule has 1 fully saturated rings. The average molecular weight is 355 g/mol. The van der Waals surface area contributed by atoms with Crippen LogP contribution in [0.4, 0.5) is 0 Å². The van der Waals surface area contributed by atoms with E-state index in [1.807, 2.05) is 16.8 Å². The minimum atomic E-state index is -0.603. The molecule has 1 aliphatic heterocycles. The molecule has 4 rings (SSSR count). The first-order valence-corrected chi connectivity index (χ1v) is 9.31. The van der Waals surface area contributed by atoms with E-state index < -0.39 is 5.54 Å². The molecule has 2 heterocycles. The first kappa shape index (κ1) is 17.2. The molecule has 138 valence electrons. The predicted molar refractivity (Wildman–Crippen MR) is 97.7 cm³/mol. The third-order valence-corrected chi connectivity index (χ3v) is 5.56. The topological polar surface area (TPSA) is 76.4 Å². The second-order valence-corrected chi connectivity index (χ2v) is 7.38. The number of amides is 1. The van der Waals surface area contributed by atoms with Crippen molar-refractivity contribution in [3.63, 3.8) is 0 Å². The molecule has 0 radical (unpaired) electrons. The summed E-state index contributed by atoms with van der Waals surface area (Å²) >= 11 is 0. The van der Waals surface area contributed by atoms with Crippen molar-refractivity contribution in [1.82, 2.24) is 15.1 Å². The highest BCUT2D eigenvalue weighted by atomic mass is 16.5. The summed E-state index contributed by atoms with van der Waals surface area (Å²) in [6, 6.07) is 8.19. The van der Waals surface area contributed by atoms with Crippen molar-refractivity contribution in [2.75, 3.05) is 19.8 Å². The lowest BCUT2D eigenvalue weighted by molar-refractivity contribution is 0.0124. The van der Waals surface area contributed by atoms with Crippen LogP contribution in [0.15, 0.2) is 24.3 Å². The second-order valence-electron chi connectivity index (χ2n) is 7.38. The van der Waals surface area contributed by atoms with Gasteiger partial charge in [0.1, 0.15) is 0 Å². The van der Waals surface area contributed by atoms with Crippen molar-refractivity contribution in [3.05, 3.63) is 46.8 Å². The molecule has 1 saturated heterocycles. The zero-order valence-electron chi connectivity index (χ0n) is 15.1. The molecule has 0 saturated carbocycles. The largest absolute Gasteiger partial charge is 0.394 e. The monoisotopic (exact) mass is 355 g/mol. The Labute approximate surface area is 153 Å². The summed E-state index contributed by atoms with van der Waals surface area (Å²) in [5, 5.41) is 17.6. The first-order chi connectivity index (χ1) is 12.6. The number of carbonyl (C=O) groups excluding carboxylic acids is 1. The number of aliphatic hydroxyl groups excluding tert-OH is 1. The smallest absolute Gasteiger partial charge is 0.272 e. The Morgan fingerprint density at radius 3 is 2.69 bits per heavy atom. The number of benzene rings is 1.